The van der Waals surface area contributed by atoms with Gasteiger partial charge in [0.1, 0.15) is 11.9 Å². The van der Waals surface area contributed by atoms with Gasteiger partial charge in [-0.1, -0.05) is 50.2 Å². The molecule has 0 bridgehead atoms. The zero-order valence-electron chi connectivity index (χ0n) is 21.5. The summed E-state index contributed by atoms with van der Waals surface area (Å²) >= 11 is 0. The lowest BCUT2D eigenvalue weighted by atomic mass is 9.87. The van der Waals surface area contributed by atoms with Gasteiger partial charge in [-0.15, -0.1) is 4.52 Å². The maximum absolute atomic E-state index is 13.9. The third kappa shape index (κ3) is 6.69. The molecule has 0 amide bonds. The van der Waals surface area contributed by atoms with Gasteiger partial charge in [-0.25, -0.2) is 4.39 Å². The minimum atomic E-state index is -2.29. The fraction of sp³-hybridized carbons (Fsp3) is 0.379. The third-order valence-electron chi connectivity index (χ3n) is 6.55. The summed E-state index contributed by atoms with van der Waals surface area (Å²) in [6.07, 6.45) is 0.636. The standard InChI is InChI=1S/C29H31FNO6P/c1-18(2)28-25(15-36-17-37-38(35)16-22(32)14-26(33)34)27(20-10-12-21(30)13-11-20)24-9-5-7-19-6-3-4-8-23(19)29(24)31-28/h3-4,6,8,10-13,18,22,32H,5,7,9,14-17H2,1-2H3/p+1/t22-/m0/s1. The molecule has 0 fully saturated rings. The number of pyridine rings is 1. The molecule has 2 N–H and O–H groups in total. The number of benzene rings is 2. The Kier molecular flexibility index (Phi) is 9.34. The molecule has 1 aliphatic rings. The smallest absolute Gasteiger partial charge is 0.481 e. The highest BCUT2D eigenvalue weighted by Crippen LogP contribution is 2.41. The number of aromatic nitrogens is 1. The van der Waals surface area contributed by atoms with Crippen molar-refractivity contribution in [2.45, 2.75) is 58.2 Å². The average Bonchev–Trinajstić information content (AvgIpc) is 3.05. The van der Waals surface area contributed by atoms with Crippen LogP contribution in [0, 0.1) is 5.82 Å². The van der Waals surface area contributed by atoms with Gasteiger partial charge in [0.15, 0.2) is 0 Å². The molecule has 1 aliphatic carbocycles. The molecular formula is C29H32FNO6P+. The van der Waals surface area contributed by atoms with Crippen LogP contribution in [0.4, 0.5) is 4.39 Å². The predicted molar refractivity (Wildman–Crippen MR) is 143 cm³/mol. The Balaban J connectivity index is 1.68. The van der Waals surface area contributed by atoms with E-state index in [1.807, 2.05) is 12.1 Å². The lowest BCUT2D eigenvalue weighted by Gasteiger charge is -2.23. The number of aryl methyl sites for hydroxylation is 1. The highest BCUT2D eigenvalue weighted by Gasteiger charge is 2.28. The zero-order chi connectivity index (χ0) is 27.2. The zero-order valence-corrected chi connectivity index (χ0v) is 22.4. The average molecular weight is 541 g/mol. The van der Waals surface area contributed by atoms with Crippen LogP contribution in [0.2, 0.25) is 0 Å². The van der Waals surface area contributed by atoms with Gasteiger partial charge in [0.2, 0.25) is 13.0 Å². The summed E-state index contributed by atoms with van der Waals surface area (Å²) in [7, 11) is -2.29. The molecule has 2 atom stereocenters. The molecule has 1 heterocycles. The van der Waals surface area contributed by atoms with E-state index in [0.717, 1.165) is 58.5 Å². The molecule has 7 nitrogen and oxygen atoms in total. The van der Waals surface area contributed by atoms with E-state index < -0.39 is 26.5 Å². The number of aliphatic hydroxyl groups is 1. The van der Waals surface area contributed by atoms with Gasteiger partial charge in [0, 0.05) is 16.8 Å². The van der Waals surface area contributed by atoms with Crippen molar-refractivity contribution in [1.29, 1.82) is 0 Å². The van der Waals surface area contributed by atoms with Crippen molar-refractivity contribution in [1.82, 2.24) is 4.98 Å². The summed E-state index contributed by atoms with van der Waals surface area (Å²) in [5.74, 6) is -1.43. The van der Waals surface area contributed by atoms with Gasteiger partial charge >= 0.3 is 14.0 Å². The Labute approximate surface area is 222 Å². The number of hydrogen-bond donors (Lipinski definition) is 2. The molecule has 0 saturated carbocycles. The Morgan fingerprint density at radius 3 is 2.58 bits per heavy atom. The number of carbonyl (C=O) groups is 1. The van der Waals surface area contributed by atoms with Crippen molar-refractivity contribution in [3.63, 3.8) is 0 Å². The molecule has 1 aromatic heterocycles. The monoisotopic (exact) mass is 540 g/mol. The molecule has 0 spiro atoms. The van der Waals surface area contributed by atoms with Gasteiger partial charge < -0.3 is 14.9 Å². The van der Waals surface area contributed by atoms with Crippen molar-refractivity contribution < 1.29 is 33.2 Å². The summed E-state index contributed by atoms with van der Waals surface area (Å²) in [6.45, 7) is 3.96. The number of hydrogen-bond acceptors (Lipinski definition) is 6. The molecule has 2 aromatic carbocycles. The van der Waals surface area contributed by atoms with E-state index >= 15 is 0 Å². The van der Waals surface area contributed by atoms with Crippen LogP contribution in [0.5, 0.6) is 0 Å². The van der Waals surface area contributed by atoms with Crippen molar-refractivity contribution in [3.8, 4) is 22.4 Å². The Bertz CT molecular complexity index is 1310. The molecule has 38 heavy (non-hydrogen) atoms. The molecular weight excluding hydrogens is 508 g/mol. The molecule has 200 valence electrons. The summed E-state index contributed by atoms with van der Waals surface area (Å²) in [4.78, 5) is 15.9. The number of halogens is 1. The second-order valence-corrected chi connectivity index (χ2v) is 11.0. The number of aliphatic hydroxyl groups excluding tert-OH is 1. The van der Waals surface area contributed by atoms with E-state index in [9.17, 15) is 18.9 Å². The lowest BCUT2D eigenvalue weighted by Crippen LogP contribution is -2.16. The van der Waals surface area contributed by atoms with E-state index in [-0.39, 0.29) is 31.3 Å². The highest BCUT2D eigenvalue weighted by atomic mass is 31.1. The molecule has 0 radical (unpaired) electrons. The molecule has 1 unspecified atom stereocenters. The summed E-state index contributed by atoms with van der Waals surface area (Å²) in [5, 5.41) is 18.4. The van der Waals surface area contributed by atoms with Crippen molar-refractivity contribution in [2.24, 2.45) is 0 Å². The quantitative estimate of drug-likeness (QED) is 0.169. The summed E-state index contributed by atoms with van der Waals surface area (Å²) in [5.41, 5.74) is 7.97. The Morgan fingerprint density at radius 1 is 1.13 bits per heavy atom. The SMILES string of the molecule is CC(C)c1nc2c(c(-c3ccc(F)cc3)c1COCO[P+](=O)C[C@@H](O)CC(=O)O)CCCc1ccccc1-2. The largest absolute Gasteiger partial charge is 0.513 e. The Morgan fingerprint density at radius 2 is 1.87 bits per heavy atom. The summed E-state index contributed by atoms with van der Waals surface area (Å²) in [6, 6.07) is 14.7. The molecule has 0 aliphatic heterocycles. The number of aliphatic carboxylic acids is 1. The van der Waals surface area contributed by atoms with Gasteiger partial charge in [-0.05, 0) is 64.1 Å². The van der Waals surface area contributed by atoms with E-state index in [0.29, 0.717) is 0 Å². The van der Waals surface area contributed by atoms with Crippen molar-refractivity contribution >= 4 is 14.0 Å². The number of carboxylic acids is 1. The van der Waals surface area contributed by atoms with E-state index in [4.69, 9.17) is 19.4 Å². The second kappa shape index (κ2) is 12.7. The normalized spacial score (nSPS) is 14.0. The maximum Gasteiger partial charge on any atom is 0.513 e. The number of fused-ring (bicyclic) bond motifs is 3. The number of carboxylic acid groups (broad SMARTS) is 1. The van der Waals surface area contributed by atoms with Crippen LogP contribution >= 0.6 is 8.03 Å². The molecule has 4 rings (SSSR count). The van der Waals surface area contributed by atoms with Crippen LogP contribution in [0.1, 0.15) is 55.0 Å². The molecule has 3 aromatic rings. The fourth-order valence-corrected chi connectivity index (χ4v) is 5.67. The third-order valence-corrected chi connectivity index (χ3v) is 7.67. The van der Waals surface area contributed by atoms with Crippen molar-refractivity contribution in [3.05, 3.63) is 76.7 Å². The highest BCUT2D eigenvalue weighted by molar-refractivity contribution is 7.39. The van der Waals surface area contributed by atoms with E-state index in [1.165, 1.54) is 17.7 Å². The van der Waals surface area contributed by atoms with E-state index in [1.54, 1.807) is 12.1 Å². The van der Waals surface area contributed by atoms with E-state index in [2.05, 4.69) is 26.0 Å². The first kappa shape index (κ1) is 28.0. The van der Waals surface area contributed by atoms with Gasteiger partial charge in [-0.2, -0.15) is 0 Å². The Hall–Kier alpha value is -3.03. The lowest BCUT2D eigenvalue weighted by molar-refractivity contribution is -0.138. The summed E-state index contributed by atoms with van der Waals surface area (Å²) < 4.78 is 37.0. The molecule has 0 saturated heterocycles. The maximum atomic E-state index is 13.9. The second-order valence-electron chi connectivity index (χ2n) is 9.71. The minimum absolute atomic E-state index is 0.0669. The van der Waals surface area contributed by atoms with Crippen LogP contribution in [0.15, 0.2) is 48.5 Å². The first-order valence-electron chi connectivity index (χ1n) is 12.7. The van der Waals surface area contributed by atoms with Crippen LogP contribution < -0.4 is 0 Å². The molecule has 9 heteroatoms. The number of ether oxygens (including phenoxy) is 1. The van der Waals surface area contributed by atoms with Crippen LogP contribution in [0.3, 0.4) is 0 Å². The van der Waals surface area contributed by atoms with Gasteiger partial charge in [-0.3, -0.25) is 9.78 Å². The predicted octanol–water partition coefficient (Wildman–Crippen LogP) is 6.24. The van der Waals surface area contributed by atoms with Crippen LogP contribution in [-0.2, 0) is 38.1 Å². The van der Waals surface area contributed by atoms with Crippen LogP contribution in [0.25, 0.3) is 22.4 Å². The number of nitrogens with zero attached hydrogens (tertiary/aromatic N) is 1. The first-order chi connectivity index (χ1) is 18.2. The van der Waals surface area contributed by atoms with Gasteiger partial charge in [0.25, 0.3) is 0 Å². The topological polar surface area (TPSA) is 106 Å². The minimum Gasteiger partial charge on any atom is -0.481 e. The van der Waals surface area contributed by atoms with Crippen LogP contribution in [-0.4, -0.2) is 40.2 Å². The van der Waals surface area contributed by atoms with Gasteiger partial charge in [0.05, 0.1) is 18.7 Å². The fourth-order valence-electron chi connectivity index (χ4n) is 4.89. The van der Waals surface area contributed by atoms with Crippen molar-refractivity contribution in [2.75, 3.05) is 13.0 Å². The first-order valence-corrected chi connectivity index (χ1v) is 14.1. The number of rotatable bonds is 11.